The quantitative estimate of drug-likeness (QED) is 0.548. The third-order valence-corrected chi connectivity index (χ3v) is 6.27. The lowest BCUT2D eigenvalue weighted by molar-refractivity contribution is 0.0457. The maximum absolute atomic E-state index is 14.8. The second kappa shape index (κ2) is 9.61. The number of carbonyl (C=O) groups is 1. The number of halogens is 3. The molecule has 2 atom stereocenters. The van der Waals surface area contributed by atoms with Crippen LogP contribution in [0.3, 0.4) is 0 Å². The lowest BCUT2D eigenvalue weighted by Gasteiger charge is -2.26. The van der Waals surface area contributed by atoms with Gasteiger partial charge in [-0.15, -0.1) is 0 Å². The van der Waals surface area contributed by atoms with Crippen molar-refractivity contribution in [1.82, 2.24) is 29.4 Å². The zero-order valence-electron chi connectivity index (χ0n) is 19.0. The van der Waals surface area contributed by atoms with Gasteiger partial charge in [-0.3, -0.25) is 4.79 Å². The lowest BCUT2D eigenvalue weighted by atomic mass is 10.1. The molecule has 2 aliphatic rings. The monoisotopic (exact) mass is 487 g/mol. The summed E-state index contributed by atoms with van der Waals surface area (Å²) in [7, 11) is 0. The Morgan fingerprint density at radius 1 is 1.09 bits per heavy atom. The second-order valence-corrected chi connectivity index (χ2v) is 8.53. The number of ether oxygens (including phenoxy) is 1. The number of aromatic nitrogens is 5. The second-order valence-electron chi connectivity index (χ2n) is 8.53. The number of hydrogen-bond acceptors (Lipinski definition) is 7. The van der Waals surface area contributed by atoms with E-state index in [9.17, 15) is 18.0 Å². The molecule has 12 heteroatoms. The van der Waals surface area contributed by atoms with Gasteiger partial charge in [-0.2, -0.15) is 0 Å². The molecule has 5 heterocycles. The Morgan fingerprint density at radius 3 is 2.57 bits per heavy atom. The third kappa shape index (κ3) is 4.57. The highest BCUT2D eigenvalue weighted by atomic mass is 19.2. The molecule has 2 aliphatic heterocycles. The number of anilines is 2. The van der Waals surface area contributed by atoms with Crippen LogP contribution in [0.4, 0.5) is 24.8 Å². The molecule has 35 heavy (non-hydrogen) atoms. The molecule has 2 fully saturated rings. The molecule has 5 rings (SSSR count). The molecule has 2 saturated heterocycles. The SMILES string of the molecule is Cc1ncc(-c2nc(Nc3ccc(C(=O)N4CCC(F)C4F)nc3)ncc2F)n1C1CCOCC1. The molecule has 184 valence electrons. The van der Waals surface area contributed by atoms with E-state index in [1.165, 1.54) is 12.3 Å². The van der Waals surface area contributed by atoms with Crippen LogP contribution in [-0.2, 0) is 4.74 Å². The Morgan fingerprint density at radius 2 is 1.89 bits per heavy atom. The molecule has 2 unspecified atom stereocenters. The van der Waals surface area contributed by atoms with Crippen LogP contribution in [0.15, 0.2) is 30.7 Å². The van der Waals surface area contributed by atoms with Crippen molar-refractivity contribution in [3.05, 3.63) is 48.1 Å². The number of alkyl halides is 2. The zero-order valence-corrected chi connectivity index (χ0v) is 19.0. The predicted molar refractivity (Wildman–Crippen MR) is 120 cm³/mol. The molecular formula is C23H24F3N7O2. The minimum atomic E-state index is -1.97. The topological polar surface area (TPSA) is 98.1 Å². The van der Waals surface area contributed by atoms with Crippen molar-refractivity contribution >= 4 is 17.5 Å². The van der Waals surface area contributed by atoms with Crippen LogP contribution in [0.5, 0.6) is 0 Å². The number of nitrogens with zero attached hydrogens (tertiary/aromatic N) is 6. The van der Waals surface area contributed by atoms with Gasteiger partial charge >= 0.3 is 0 Å². The number of nitrogens with one attached hydrogen (secondary N) is 1. The molecule has 1 N–H and O–H groups in total. The first-order valence-corrected chi connectivity index (χ1v) is 11.4. The van der Waals surface area contributed by atoms with Crippen LogP contribution in [0, 0.1) is 12.7 Å². The summed E-state index contributed by atoms with van der Waals surface area (Å²) < 4.78 is 49.5. The van der Waals surface area contributed by atoms with E-state index in [4.69, 9.17) is 4.74 Å². The fourth-order valence-electron chi connectivity index (χ4n) is 4.44. The molecule has 0 saturated carbocycles. The van der Waals surface area contributed by atoms with Crippen molar-refractivity contribution in [3.63, 3.8) is 0 Å². The maximum Gasteiger partial charge on any atom is 0.274 e. The van der Waals surface area contributed by atoms with E-state index in [1.54, 1.807) is 12.3 Å². The Labute approximate surface area is 199 Å². The van der Waals surface area contributed by atoms with Crippen LogP contribution < -0.4 is 5.32 Å². The largest absolute Gasteiger partial charge is 0.381 e. The minimum absolute atomic E-state index is 0.00101. The fraction of sp³-hybridized carbons (Fsp3) is 0.435. The predicted octanol–water partition coefficient (Wildman–Crippen LogP) is 3.76. The summed E-state index contributed by atoms with van der Waals surface area (Å²) in [5, 5.41) is 2.94. The first-order valence-electron chi connectivity index (χ1n) is 11.4. The number of aryl methyl sites for hydroxylation is 1. The van der Waals surface area contributed by atoms with Crippen molar-refractivity contribution in [2.45, 2.75) is 44.7 Å². The van der Waals surface area contributed by atoms with Crippen molar-refractivity contribution in [3.8, 4) is 11.4 Å². The highest BCUT2D eigenvalue weighted by Gasteiger charge is 2.38. The van der Waals surface area contributed by atoms with E-state index in [0.29, 0.717) is 24.6 Å². The smallest absolute Gasteiger partial charge is 0.274 e. The first-order chi connectivity index (χ1) is 16.9. The van der Waals surface area contributed by atoms with E-state index in [-0.39, 0.29) is 36.3 Å². The van der Waals surface area contributed by atoms with Crippen molar-refractivity contribution < 1.29 is 22.7 Å². The summed E-state index contributed by atoms with van der Waals surface area (Å²) in [5.74, 6) is -0.374. The molecule has 0 aliphatic carbocycles. The minimum Gasteiger partial charge on any atom is -0.381 e. The number of likely N-dealkylation sites (tertiary alicyclic amines) is 1. The summed E-state index contributed by atoms with van der Waals surface area (Å²) in [4.78, 5) is 30.1. The number of hydrogen-bond donors (Lipinski definition) is 1. The van der Waals surface area contributed by atoms with E-state index in [0.717, 1.165) is 29.8 Å². The average Bonchev–Trinajstić information content (AvgIpc) is 3.42. The average molecular weight is 487 g/mol. The molecule has 3 aromatic rings. The number of amides is 1. The lowest BCUT2D eigenvalue weighted by Crippen LogP contribution is -2.35. The molecule has 1 amide bonds. The number of carbonyl (C=O) groups excluding carboxylic acids is 1. The van der Waals surface area contributed by atoms with Gasteiger partial charge in [0.1, 0.15) is 17.2 Å². The van der Waals surface area contributed by atoms with Crippen LogP contribution in [0.25, 0.3) is 11.4 Å². The van der Waals surface area contributed by atoms with Crippen LogP contribution in [0.2, 0.25) is 0 Å². The van der Waals surface area contributed by atoms with Crippen LogP contribution >= 0.6 is 0 Å². The third-order valence-electron chi connectivity index (χ3n) is 6.27. The van der Waals surface area contributed by atoms with E-state index < -0.39 is 24.2 Å². The summed E-state index contributed by atoms with van der Waals surface area (Å²) in [6, 6.07) is 3.07. The van der Waals surface area contributed by atoms with Gasteiger partial charge in [0.15, 0.2) is 12.0 Å². The molecule has 3 aromatic heterocycles. The van der Waals surface area contributed by atoms with Crippen molar-refractivity contribution in [2.24, 2.45) is 0 Å². The normalized spacial score (nSPS) is 20.9. The number of pyridine rings is 1. The summed E-state index contributed by atoms with van der Waals surface area (Å²) in [5.41, 5.74) is 1.09. The zero-order chi connectivity index (χ0) is 24.5. The number of rotatable bonds is 5. The standard InChI is InChI=1S/C23H24F3N7O2/c1-13-27-12-19(33(13)15-5-8-35-9-6-15)20-17(25)11-29-23(31-20)30-14-2-3-18(28-10-14)22(34)32-7-4-16(24)21(32)26/h2-3,10-12,15-16,21H,4-9H2,1H3,(H,29,30,31). The van der Waals surface area contributed by atoms with Gasteiger partial charge in [-0.1, -0.05) is 0 Å². The molecule has 9 nitrogen and oxygen atoms in total. The molecular weight excluding hydrogens is 463 g/mol. The van der Waals surface area contributed by atoms with Gasteiger partial charge in [0, 0.05) is 32.2 Å². The summed E-state index contributed by atoms with van der Waals surface area (Å²) in [6.45, 7) is 3.13. The van der Waals surface area contributed by atoms with Gasteiger partial charge in [0.05, 0.1) is 30.0 Å². The fourth-order valence-corrected chi connectivity index (χ4v) is 4.44. The van der Waals surface area contributed by atoms with Gasteiger partial charge in [0.2, 0.25) is 12.2 Å². The Kier molecular flexibility index (Phi) is 6.37. The first kappa shape index (κ1) is 23.2. The van der Waals surface area contributed by atoms with Crippen LogP contribution in [0.1, 0.15) is 41.6 Å². The summed E-state index contributed by atoms with van der Waals surface area (Å²) in [6.07, 6.45) is 1.93. The van der Waals surface area contributed by atoms with E-state index in [1.807, 2.05) is 11.5 Å². The Bertz CT molecular complexity index is 1210. The van der Waals surface area contributed by atoms with Gasteiger partial charge in [0.25, 0.3) is 5.91 Å². The van der Waals surface area contributed by atoms with E-state index >= 15 is 0 Å². The van der Waals surface area contributed by atoms with Crippen molar-refractivity contribution in [1.29, 1.82) is 0 Å². The molecule has 0 radical (unpaired) electrons. The highest BCUT2D eigenvalue weighted by molar-refractivity contribution is 5.93. The maximum atomic E-state index is 14.8. The van der Waals surface area contributed by atoms with Gasteiger partial charge in [-0.05, 0) is 31.9 Å². The van der Waals surface area contributed by atoms with Crippen molar-refractivity contribution in [2.75, 3.05) is 25.1 Å². The Balaban J connectivity index is 1.35. The van der Waals surface area contributed by atoms with Gasteiger partial charge in [-0.25, -0.2) is 33.1 Å². The highest BCUT2D eigenvalue weighted by Crippen LogP contribution is 2.31. The molecule has 0 spiro atoms. The van der Waals surface area contributed by atoms with Crippen LogP contribution in [-0.4, -0.2) is 67.5 Å². The van der Waals surface area contributed by atoms with E-state index in [2.05, 4.69) is 25.3 Å². The summed E-state index contributed by atoms with van der Waals surface area (Å²) >= 11 is 0. The number of imidazole rings is 1. The molecule has 0 bridgehead atoms. The Hall–Kier alpha value is -3.54. The van der Waals surface area contributed by atoms with Gasteiger partial charge < -0.3 is 19.5 Å². The molecule has 0 aromatic carbocycles.